The number of carbonyl (C=O) groups excluding carboxylic acids is 1. The Hall–Kier alpha value is -0.610. The van der Waals surface area contributed by atoms with Crippen molar-refractivity contribution in [3.63, 3.8) is 0 Å². The highest BCUT2D eigenvalue weighted by Gasteiger charge is 2.19. The maximum absolute atomic E-state index is 11.8. The average molecular weight is 275 g/mol. The Morgan fingerprint density at radius 3 is 2.82 bits per heavy atom. The zero-order chi connectivity index (χ0) is 12.9. The predicted octanol–water partition coefficient (Wildman–Crippen LogP) is 3.23. The first-order valence-electron chi connectivity index (χ1n) is 5.71. The van der Waals surface area contributed by atoms with Crippen LogP contribution in [0.2, 0.25) is 0 Å². The summed E-state index contributed by atoms with van der Waals surface area (Å²) in [5, 5.41) is 5.63. The fourth-order valence-electron chi connectivity index (χ4n) is 1.51. The quantitative estimate of drug-likeness (QED) is 0.810. The molecule has 0 unspecified atom stereocenters. The van der Waals surface area contributed by atoms with Gasteiger partial charge in [0.2, 0.25) is 0 Å². The number of halogens is 1. The second-order valence-corrected chi connectivity index (χ2v) is 6.33. The molecule has 1 amide bonds. The van der Waals surface area contributed by atoms with Gasteiger partial charge in [-0.3, -0.25) is 4.79 Å². The zero-order valence-electron chi connectivity index (χ0n) is 10.5. The highest BCUT2D eigenvalue weighted by molar-refractivity contribution is 7.09. The minimum absolute atomic E-state index is 0.0790. The first-order valence-corrected chi connectivity index (χ1v) is 7.12. The van der Waals surface area contributed by atoms with Crippen LogP contribution in [0.4, 0.5) is 0 Å². The third-order valence-corrected chi connectivity index (χ3v) is 3.61. The summed E-state index contributed by atoms with van der Waals surface area (Å²) in [5.74, 6) is 0.580. The highest BCUT2D eigenvalue weighted by Crippen LogP contribution is 2.21. The summed E-state index contributed by atoms with van der Waals surface area (Å²) in [4.78, 5) is 15.9. The normalized spacial score (nSPS) is 11.5. The second kappa shape index (κ2) is 6.36. The van der Waals surface area contributed by atoms with Crippen LogP contribution in [-0.2, 0) is 0 Å². The van der Waals surface area contributed by atoms with E-state index in [-0.39, 0.29) is 11.3 Å². The Morgan fingerprint density at radius 1 is 1.59 bits per heavy atom. The van der Waals surface area contributed by atoms with Crippen molar-refractivity contribution in [3.05, 3.63) is 16.1 Å². The lowest BCUT2D eigenvalue weighted by Crippen LogP contribution is -2.34. The van der Waals surface area contributed by atoms with Crippen molar-refractivity contribution in [2.45, 2.75) is 33.6 Å². The Kier molecular flexibility index (Phi) is 5.40. The smallest absolute Gasteiger partial charge is 0.270 e. The number of nitrogens with one attached hydrogen (secondary N) is 1. The highest BCUT2D eigenvalue weighted by atomic mass is 35.5. The Balaban J connectivity index is 2.42. The molecule has 0 atom stereocenters. The molecule has 1 rings (SSSR count). The van der Waals surface area contributed by atoms with Crippen LogP contribution >= 0.6 is 22.9 Å². The Morgan fingerprint density at radius 2 is 2.29 bits per heavy atom. The molecule has 5 heteroatoms. The lowest BCUT2D eigenvalue weighted by atomic mass is 9.88. The molecule has 0 aliphatic heterocycles. The Bertz CT molecular complexity index is 376. The number of aryl methyl sites for hydroxylation is 1. The van der Waals surface area contributed by atoms with Gasteiger partial charge in [0.1, 0.15) is 5.69 Å². The molecule has 1 aromatic heterocycles. The van der Waals surface area contributed by atoms with E-state index in [4.69, 9.17) is 11.6 Å². The van der Waals surface area contributed by atoms with Gasteiger partial charge in [0, 0.05) is 17.8 Å². The van der Waals surface area contributed by atoms with Gasteiger partial charge >= 0.3 is 0 Å². The summed E-state index contributed by atoms with van der Waals surface area (Å²) in [5.41, 5.74) is 0.593. The topological polar surface area (TPSA) is 42.0 Å². The number of hydrogen-bond acceptors (Lipinski definition) is 3. The number of nitrogens with zero attached hydrogens (tertiary/aromatic N) is 1. The largest absolute Gasteiger partial charge is 0.350 e. The molecule has 3 nitrogen and oxygen atoms in total. The van der Waals surface area contributed by atoms with Crippen LogP contribution in [0, 0.1) is 12.3 Å². The van der Waals surface area contributed by atoms with Crippen LogP contribution in [0.3, 0.4) is 0 Å². The fraction of sp³-hybridized carbons (Fsp3) is 0.667. The van der Waals surface area contributed by atoms with Crippen molar-refractivity contribution in [3.8, 4) is 0 Å². The maximum atomic E-state index is 11.8. The summed E-state index contributed by atoms with van der Waals surface area (Å²) in [6, 6.07) is 0. The van der Waals surface area contributed by atoms with Gasteiger partial charge in [0.25, 0.3) is 5.91 Å². The van der Waals surface area contributed by atoms with Crippen molar-refractivity contribution in [1.82, 2.24) is 10.3 Å². The van der Waals surface area contributed by atoms with Gasteiger partial charge in [-0.1, -0.05) is 13.8 Å². The number of hydrogen-bond donors (Lipinski definition) is 1. The first kappa shape index (κ1) is 14.5. The molecule has 0 saturated heterocycles. The van der Waals surface area contributed by atoms with Crippen LogP contribution < -0.4 is 5.32 Å². The standard InChI is InChI=1S/C12H19ClN2OS/c1-9-15-10(7-17-9)11(16)14-8-12(2,3)5-4-6-13/h7H,4-6,8H2,1-3H3,(H,14,16). The van der Waals surface area contributed by atoms with E-state index in [1.807, 2.05) is 6.92 Å². The number of carbonyl (C=O) groups is 1. The van der Waals surface area contributed by atoms with Gasteiger partial charge in [-0.05, 0) is 25.2 Å². The summed E-state index contributed by atoms with van der Waals surface area (Å²) in [6.45, 7) is 6.81. The van der Waals surface area contributed by atoms with E-state index in [0.29, 0.717) is 18.1 Å². The van der Waals surface area contributed by atoms with Crippen molar-refractivity contribution < 1.29 is 4.79 Å². The van der Waals surface area contributed by atoms with E-state index in [9.17, 15) is 4.79 Å². The van der Waals surface area contributed by atoms with Crippen LogP contribution in [0.1, 0.15) is 42.2 Å². The van der Waals surface area contributed by atoms with Crippen LogP contribution in [-0.4, -0.2) is 23.3 Å². The lowest BCUT2D eigenvalue weighted by molar-refractivity contribution is 0.0930. The van der Waals surface area contributed by atoms with E-state index < -0.39 is 0 Å². The summed E-state index contributed by atoms with van der Waals surface area (Å²) in [7, 11) is 0. The van der Waals surface area contributed by atoms with E-state index >= 15 is 0 Å². The zero-order valence-corrected chi connectivity index (χ0v) is 12.1. The molecule has 1 heterocycles. The van der Waals surface area contributed by atoms with Gasteiger partial charge in [0.15, 0.2) is 0 Å². The maximum Gasteiger partial charge on any atom is 0.270 e. The molecule has 17 heavy (non-hydrogen) atoms. The lowest BCUT2D eigenvalue weighted by Gasteiger charge is -2.24. The molecule has 0 aromatic carbocycles. The van der Waals surface area contributed by atoms with Crippen LogP contribution in [0.5, 0.6) is 0 Å². The third kappa shape index (κ3) is 5.04. The van der Waals surface area contributed by atoms with Crippen molar-refractivity contribution >= 4 is 28.8 Å². The molecular weight excluding hydrogens is 256 g/mol. The van der Waals surface area contributed by atoms with Gasteiger partial charge < -0.3 is 5.32 Å². The summed E-state index contributed by atoms with van der Waals surface area (Å²) < 4.78 is 0. The number of amides is 1. The van der Waals surface area contributed by atoms with Crippen molar-refractivity contribution in [2.75, 3.05) is 12.4 Å². The molecule has 0 radical (unpaired) electrons. The Labute approximate surface area is 112 Å². The number of aromatic nitrogens is 1. The molecule has 1 N–H and O–H groups in total. The SMILES string of the molecule is Cc1nc(C(=O)NCC(C)(C)CCCCl)cs1. The molecule has 0 fully saturated rings. The van der Waals surface area contributed by atoms with Gasteiger partial charge in [-0.15, -0.1) is 22.9 Å². The van der Waals surface area contributed by atoms with Crippen molar-refractivity contribution in [2.24, 2.45) is 5.41 Å². The minimum atomic E-state index is -0.0895. The molecule has 0 aliphatic carbocycles. The molecule has 0 saturated carbocycles. The number of rotatable bonds is 6. The van der Waals surface area contributed by atoms with E-state index in [0.717, 1.165) is 17.8 Å². The van der Waals surface area contributed by atoms with Gasteiger partial charge in [-0.25, -0.2) is 4.98 Å². The minimum Gasteiger partial charge on any atom is -0.350 e. The van der Waals surface area contributed by atoms with E-state index in [1.54, 1.807) is 5.38 Å². The third-order valence-electron chi connectivity index (χ3n) is 2.57. The van der Waals surface area contributed by atoms with E-state index in [2.05, 4.69) is 24.1 Å². The van der Waals surface area contributed by atoms with Crippen LogP contribution in [0.25, 0.3) is 0 Å². The summed E-state index contributed by atoms with van der Waals surface area (Å²) in [6.07, 6.45) is 1.98. The fourth-order valence-corrected chi connectivity index (χ4v) is 2.24. The first-order chi connectivity index (χ1) is 7.94. The number of thiazole rings is 1. The molecule has 1 aromatic rings. The average Bonchev–Trinajstić information content (AvgIpc) is 2.70. The van der Waals surface area contributed by atoms with Gasteiger partial charge in [0.05, 0.1) is 5.01 Å². The van der Waals surface area contributed by atoms with Crippen molar-refractivity contribution in [1.29, 1.82) is 0 Å². The second-order valence-electron chi connectivity index (χ2n) is 4.89. The summed E-state index contributed by atoms with van der Waals surface area (Å²) >= 11 is 7.16. The molecule has 0 bridgehead atoms. The monoisotopic (exact) mass is 274 g/mol. The van der Waals surface area contributed by atoms with Gasteiger partial charge in [-0.2, -0.15) is 0 Å². The number of alkyl halides is 1. The van der Waals surface area contributed by atoms with Crippen LogP contribution in [0.15, 0.2) is 5.38 Å². The van der Waals surface area contributed by atoms with E-state index in [1.165, 1.54) is 11.3 Å². The molecule has 96 valence electrons. The predicted molar refractivity (Wildman–Crippen MR) is 72.9 cm³/mol. The molecule has 0 spiro atoms. The molecular formula is C12H19ClN2OS. The molecule has 0 aliphatic rings.